The molecule has 0 unspecified atom stereocenters. The Balaban J connectivity index is 1.19. The van der Waals surface area contributed by atoms with E-state index < -0.39 is 0 Å². The van der Waals surface area contributed by atoms with Crippen molar-refractivity contribution in [2.45, 2.75) is 6.42 Å². The van der Waals surface area contributed by atoms with Gasteiger partial charge in [-0.1, -0.05) is 6.07 Å². The van der Waals surface area contributed by atoms with Crippen molar-refractivity contribution in [3.63, 3.8) is 0 Å². The third kappa shape index (κ3) is 6.56. The summed E-state index contributed by atoms with van der Waals surface area (Å²) >= 11 is 1.32. The molecule has 0 aliphatic carbocycles. The van der Waals surface area contributed by atoms with Crippen molar-refractivity contribution < 1.29 is 14.0 Å². The van der Waals surface area contributed by atoms with Gasteiger partial charge in [-0.15, -0.1) is 11.3 Å². The van der Waals surface area contributed by atoms with Gasteiger partial charge in [-0.3, -0.25) is 19.5 Å². The predicted molar refractivity (Wildman–Crippen MR) is 125 cm³/mol. The van der Waals surface area contributed by atoms with Gasteiger partial charge in [0.1, 0.15) is 11.5 Å². The van der Waals surface area contributed by atoms with E-state index in [1.807, 2.05) is 23.1 Å². The highest BCUT2D eigenvalue weighted by Gasteiger charge is 2.24. The van der Waals surface area contributed by atoms with E-state index in [0.717, 1.165) is 5.69 Å². The summed E-state index contributed by atoms with van der Waals surface area (Å²) in [5, 5.41) is 8.30. The monoisotopic (exact) mass is 468 g/mol. The molecule has 3 heterocycles. The molecule has 1 saturated heterocycles. The summed E-state index contributed by atoms with van der Waals surface area (Å²) < 4.78 is 13.0. The van der Waals surface area contributed by atoms with Gasteiger partial charge in [-0.25, -0.2) is 9.37 Å². The van der Waals surface area contributed by atoms with Gasteiger partial charge in [-0.05, 0) is 36.4 Å². The van der Waals surface area contributed by atoms with E-state index in [1.165, 1.54) is 23.5 Å². The van der Waals surface area contributed by atoms with Crippen LogP contribution in [0.2, 0.25) is 0 Å². The maximum Gasteiger partial charge on any atom is 0.273 e. The SMILES string of the molecule is O=C(CN1CCN(C(=O)c2csc(Nc3ccc(F)cc3)n2)CC1)NCCc1ccccn1. The van der Waals surface area contributed by atoms with Crippen molar-refractivity contribution in [2.75, 3.05) is 44.6 Å². The summed E-state index contributed by atoms with van der Waals surface area (Å²) in [5.41, 5.74) is 2.03. The number of carbonyl (C=O) groups is 2. The number of anilines is 2. The fourth-order valence-electron chi connectivity index (χ4n) is 3.49. The molecule has 0 atom stereocenters. The van der Waals surface area contributed by atoms with Gasteiger partial charge in [0.05, 0.1) is 6.54 Å². The number of aromatic nitrogens is 2. The summed E-state index contributed by atoms with van der Waals surface area (Å²) in [5.74, 6) is -0.462. The third-order valence-electron chi connectivity index (χ3n) is 5.27. The molecule has 0 radical (unpaired) electrons. The molecule has 4 rings (SSSR count). The number of halogens is 1. The fraction of sp³-hybridized carbons (Fsp3) is 0.304. The molecule has 1 fully saturated rings. The van der Waals surface area contributed by atoms with E-state index in [4.69, 9.17) is 0 Å². The third-order valence-corrected chi connectivity index (χ3v) is 6.03. The zero-order valence-electron chi connectivity index (χ0n) is 18.0. The molecule has 3 aromatic rings. The predicted octanol–water partition coefficient (Wildman–Crippen LogP) is 2.54. The Morgan fingerprint density at radius 1 is 1.06 bits per heavy atom. The molecule has 0 saturated carbocycles. The van der Waals surface area contributed by atoms with Crippen LogP contribution in [0.4, 0.5) is 15.2 Å². The van der Waals surface area contributed by atoms with Crippen LogP contribution < -0.4 is 10.6 Å². The Bertz CT molecular complexity index is 1070. The molecule has 0 spiro atoms. The number of hydrogen-bond acceptors (Lipinski definition) is 7. The second-order valence-electron chi connectivity index (χ2n) is 7.66. The molecule has 1 aliphatic rings. The molecule has 1 aliphatic heterocycles. The molecule has 2 aromatic heterocycles. The molecule has 2 amide bonds. The van der Waals surface area contributed by atoms with Crippen molar-refractivity contribution in [1.29, 1.82) is 0 Å². The van der Waals surface area contributed by atoms with E-state index >= 15 is 0 Å². The van der Waals surface area contributed by atoms with Gasteiger partial charge in [0.15, 0.2) is 5.13 Å². The minimum Gasteiger partial charge on any atom is -0.355 e. The Hall–Kier alpha value is -3.37. The zero-order valence-corrected chi connectivity index (χ0v) is 18.9. The molecule has 8 nitrogen and oxygen atoms in total. The van der Waals surface area contributed by atoms with Crippen molar-refractivity contribution in [3.8, 4) is 0 Å². The van der Waals surface area contributed by atoms with E-state index in [9.17, 15) is 14.0 Å². The topological polar surface area (TPSA) is 90.5 Å². The molecule has 33 heavy (non-hydrogen) atoms. The van der Waals surface area contributed by atoms with Crippen LogP contribution in [0, 0.1) is 5.82 Å². The maximum atomic E-state index is 13.0. The number of carbonyl (C=O) groups excluding carboxylic acids is 2. The lowest BCUT2D eigenvalue weighted by molar-refractivity contribution is -0.122. The Morgan fingerprint density at radius 2 is 1.85 bits per heavy atom. The normalized spacial score (nSPS) is 14.2. The van der Waals surface area contributed by atoms with Crippen LogP contribution in [-0.4, -0.2) is 70.9 Å². The first-order valence-corrected chi connectivity index (χ1v) is 11.6. The van der Waals surface area contributed by atoms with Gasteiger partial charge >= 0.3 is 0 Å². The Labute approximate surface area is 195 Å². The number of hydrogen-bond donors (Lipinski definition) is 2. The Kier molecular flexibility index (Phi) is 7.59. The van der Waals surface area contributed by atoms with Gasteiger partial charge in [0.2, 0.25) is 5.91 Å². The second kappa shape index (κ2) is 11.0. The summed E-state index contributed by atoms with van der Waals surface area (Å²) in [4.78, 5) is 37.4. The largest absolute Gasteiger partial charge is 0.355 e. The molecule has 1 aromatic carbocycles. The van der Waals surface area contributed by atoms with Crippen LogP contribution in [0.15, 0.2) is 54.0 Å². The molecule has 172 valence electrons. The highest BCUT2D eigenvalue weighted by Crippen LogP contribution is 2.22. The minimum absolute atomic E-state index is 0.0262. The minimum atomic E-state index is -0.309. The lowest BCUT2D eigenvalue weighted by atomic mass is 10.2. The van der Waals surface area contributed by atoms with Gasteiger partial charge in [0.25, 0.3) is 5.91 Å². The number of nitrogens with zero attached hydrogens (tertiary/aromatic N) is 4. The van der Waals surface area contributed by atoms with E-state index in [0.29, 0.717) is 62.2 Å². The number of piperazine rings is 1. The van der Waals surface area contributed by atoms with Crippen LogP contribution in [0.5, 0.6) is 0 Å². The summed E-state index contributed by atoms with van der Waals surface area (Å²) in [6, 6.07) is 11.7. The number of thiazole rings is 1. The molecular weight excluding hydrogens is 443 g/mol. The summed E-state index contributed by atoms with van der Waals surface area (Å²) in [6.07, 6.45) is 2.44. The van der Waals surface area contributed by atoms with E-state index in [2.05, 4.69) is 20.6 Å². The van der Waals surface area contributed by atoms with Gasteiger partial charge in [0, 0.05) is 62.1 Å². The quantitative estimate of drug-likeness (QED) is 0.528. The Morgan fingerprint density at radius 3 is 2.58 bits per heavy atom. The van der Waals surface area contributed by atoms with Crippen molar-refractivity contribution in [1.82, 2.24) is 25.1 Å². The number of benzene rings is 1. The lowest BCUT2D eigenvalue weighted by Gasteiger charge is -2.33. The van der Waals surface area contributed by atoms with Gasteiger partial charge < -0.3 is 15.5 Å². The first kappa shape index (κ1) is 22.8. The average Bonchev–Trinajstić information content (AvgIpc) is 3.30. The first-order valence-electron chi connectivity index (χ1n) is 10.7. The fourth-order valence-corrected chi connectivity index (χ4v) is 4.20. The van der Waals surface area contributed by atoms with E-state index in [-0.39, 0.29) is 17.6 Å². The molecule has 2 N–H and O–H groups in total. The van der Waals surface area contributed by atoms with Crippen LogP contribution in [0.25, 0.3) is 0 Å². The lowest BCUT2D eigenvalue weighted by Crippen LogP contribution is -2.51. The summed E-state index contributed by atoms with van der Waals surface area (Å²) in [7, 11) is 0. The van der Waals surface area contributed by atoms with Crippen LogP contribution in [0.1, 0.15) is 16.2 Å². The van der Waals surface area contributed by atoms with Crippen molar-refractivity contribution >= 4 is 34.0 Å². The van der Waals surface area contributed by atoms with Crippen LogP contribution in [-0.2, 0) is 11.2 Å². The summed E-state index contributed by atoms with van der Waals surface area (Å²) in [6.45, 7) is 3.20. The molecule has 10 heteroatoms. The number of amides is 2. The van der Waals surface area contributed by atoms with Gasteiger partial charge in [-0.2, -0.15) is 0 Å². The first-order chi connectivity index (χ1) is 16.1. The maximum absolute atomic E-state index is 13.0. The average molecular weight is 469 g/mol. The molecule has 0 bridgehead atoms. The number of rotatable bonds is 8. The molecular formula is C23H25FN6O2S. The van der Waals surface area contributed by atoms with Crippen molar-refractivity contribution in [3.05, 3.63) is 71.2 Å². The standard InChI is InChI=1S/C23H25FN6O2S/c24-17-4-6-19(7-5-17)27-23-28-20(16-33-23)22(32)30-13-11-29(12-14-30)15-21(31)26-10-8-18-3-1-2-9-25-18/h1-7,9,16H,8,10-15H2,(H,26,31)(H,27,28). The highest BCUT2D eigenvalue weighted by molar-refractivity contribution is 7.14. The highest BCUT2D eigenvalue weighted by atomic mass is 32.1. The number of pyridine rings is 1. The van der Waals surface area contributed by atoms with E-state index in [1.54, 1.807) is 28.6 Å². The smallest absolute Gasteiger partial charge is 0.273 e. The van der Waals surface area contributed by atoms with Crippen molar-refractivity contribution in [2.24, 2.45) is 0 Å². The zero-order chi connectivity index (χ0) is 23.0. The second-order valence-corrected chi connectivity index (χ2v) is 8.52. The van der Waals surface area contributed by atoms with Crippen LogP contribution >= 0.6 is 11.3 Å². The number of nitrogens with one attached hydrogen (secondary N) is 2. The van der Waals surface area contributed by atoms with Crippen LogP contribution in [0.3, 0.4) is 0 Å².